The average Bonchev–Trinajstić information content (AvgIpc) is 3.14. The highest BCUT2D eigenvalue weighted by Gasteiger charge is 2.24. The van der Waals surface area contributed by atoms with Gasteiger partial charge in [-0.15, -0.1) is 5.10 Å². The molecule has 0 saturated carbocycles. The number of ether oxygens (including phenoxy) is 1. The number of carbonyl (C=O) groups is 1. The number of carboxylic acids is 1. The fourth-order valence-corrected chi connectivity index (χ4v) is 2.05. The molecule has 23 heavy (non-hydrogen) atoms. The van der Waals surface area contributed by atoms with E-state index in [1.54, 1.807) is 24.3 Å². The summed E-state index contributed by atoms with van der Waals surface area (Å²) in [5.74, 6) is -0.530. The predicted molar refractivity (Wildman–Crippen MR) is 77.2 cm³/mol. The minimum atomic E-state index is -1.23. The van der Waals surface area contributed by atoms with Crippen molar-refractivity contribution in [3.63, 3.8) is 0 Å². The average molecular weight is 316 g/mol. The molecule has 0 spiro atoms. The highest BCUT2D eigenvalue weighted by Crippen LogP contribution is 2.27. The van der Waals surface area contributed by atoms with Crippen LogP contribution in [0.5, 0.6) is 5.75 Å². The highest BCUT2D eigenvalue weighted by atomic mass is 16.6. The van der Waals surface area contributed by atoms with Gasteiger partial charge in [0, 0.05) is 5.56 Å². The van der Waals surface area contributed by atoms with E-state index in [-0.39, 0.29) is 23.0 Å². The molecule has 3 N–H and O–H groups in total. The summed E-state index contributed by atoms with van der Waals surface area (Å²) >= 11 is 0. The van der Waals surface area contributed by atoms with E-state index in [1.807, 2.05) is 6.92 Å². The number of nitrogens with two attached hydrogens (primary N) is 1. The number of aromatic carboxylic acids is 1. The van der Waals surface area contributed by atoms with E-state index >= 15 is 0 Å². The predicted octanol–water partition coefficient (Wildman–Crippen LogP) is 0.996. The van der Waals surface area contributed by atoms with Crippen molar-refractivity contribution in [2.75, 3.05) is 12.3 Å². The van der Waals surface area contributed by atoms with Gasteiger partial charge < -0.3 is 15.6 Å². The van der Waals surface area contributed by atoms with Gasteiger partial charge in [0.1, 0.15) is 11.4 Å². The summed E-state index contributed by atoms with van der Waals surface area (Å²) in [4.78, 5) is 11.4. The van der Waals surface area contributed by atoms with E-state index in [4.69, 9.17) is 10.5 Å². The Morgan fingerprint density at radius 3 is 2.65 bits per heavy atom. The van der Waals surface area contributed by atoms with Crippen molar-refractivity contribution in [3.05, 3.63) is 30.0 Å². The number of benzene rings is 1. The second-order valence-corrected chi connectivity index (χ2v) is 4.43. The van der Waals surface area contributed by atoms with E-state index in [0.717, 1.165) is 0 Å². The lowest BCUT2D eigenvalue weighted by atomic mass is 10.1. The molecule has 0 aliphatic heterocycles. The Hall–Kier alpha value is -3.43. The monoisotopic (exact) mass is 316 g/mol. The van der Waals surface area contributed by atoms with Gasteiger partial charge in [0.25, 0.3) is 0 Å². The van der Waals surface area contributed by atoms with Crippen molar-refractivity contribution in [2.45, 2.75) is 6.92 Å². The quantitative estimate of drug-likeness (QED) is 0.704. The van der Waals surface area contributed by atoms with Crippen molar-refractivity contribution in [1.82, 2.24) is 25.3 Å². The maximum Gasteiger partial charge on any atom is 0.358 e. The summed E-state index contributed by atoms with van der Waals surface area (Å²) in [7, 11) is 0. The molecule has 2 aromatic heterocycles. The first kappa shape index (κ1) is 14.5. The molecule has 10 nitrogen and oxygen atoms in total. The molecule has 1 aromatic carbocycles. The number of carboxylic acid groups (broad SMARTS) is 1. The minimum Gasteiger partial charge on any atom is -0.494 e. The van der Waals surface area contributed by atoms with E-state index in [2.05, 4.69) is 25.3 Å². The highest BCUT2D eigenvalue weighted by molar-refractivity contribution is 5.93. The van der Waals surface area contributed by atoms with Crippen LogP contribution in [0.4, 0.5) is 5.82 Å². The number of nitrogen functional groups attached to an aromatic ring is 1. The summed E-state index contributed by atoms with van der Waals surface area (Å²) in [6.45, 7) is 2.40. The Morgan fingerprint density at radius 2 is 2.09 bits per heavy atom. The van der Waals surface area contributed by atoms with E-state index in [1.165, 1.54) is 4.68 Å². The minimum absolute atomic E-state index is 0.0287. The van der Waals surface area contributed by atoms with Gasteiger partial charge in [0.15, 0.2) is 5.69 Å². The Labute approximate surface area is 129 Å². The van der Waals surface area contributed by atoms with Crippen molar-refractivity contribution < 1.29 is 19.3 Å². The molecule has 0 aliphatic carbocycles. The van der Waals surface area contributed by atoms with Crippen LogP contribution in [0.25, 0.3) is 17.1 Å². The van der Waals surface area contributed by atoms with Crippen LogP contribution in [0.2, 0.25) is 0 Å². The van der Waals surface area contributed by atoms with E-state index in [0.29, 0.717) is 17.9 Å². The van der Waals surface area contributed by atoms with Gasteiger partial charge >= 0.3 is 5.97 Å². The van der Waals surface area contributed by atoms with Crippen molar-refractivity contribution in [2.24, 2.45) is 0 Å². The Morgan fingerprint density at radius 1 is 1.35 bits per heavy atom. The van der Waals surface area contributed by atoms with Crippen LogP contribution in [-0.4, -0.2) is 43.0 Å². The summed E-state index contributed by atoms with van der Waals surface area (Å²) in [6, 6.07) is 6.81. The SMILES string of the molecule is CCOc1ccc(-c2c(C(=O)O)nnn2-c2nonc2N)cc1. The molecule has 0 aliphatic rings. The molecule has 3 aromatic rings. The Balaban J connectivity index is 2.14. The summed E-state index contributed by atoms with van der Waals surface area (Å²) in [6.07, 6.45) is 0. The molecule has 0 radical (unpaired) electrons. The van der Waals surface area contributed by atoms with Crippen LogP contribution < -0.4 is 10.5 Å². The van der Waals surface area contributed by atoms with E-state index in [9.17, 15) is 9.90 Å². The first-order valence-corrected chi connectivity index (χ1v) is 6.62. The van der Waals surface area contributed by atoms with Crippen molar-refractivity contribution in [3.8, 4) is 22.8 Å². The van der Waals surface area contributed by atoms with Crippen LogP contribution in [0.1, 0.15) is 17.4 Å². The van der Waals surface area contributed by atoms with Crippen LogP contribution in [0, 0.1) is 0 Å². The largest absolute Gasteiger partial charge is 0.494 e. The molecular weight excluding hydrogens is 304 g/mol. The van der Waals surface area contributed by atoms with Crippen molar-refractivity contribution in [1.29, 1.82) is 0 Å². The molecule has 0 amide bonds. The van der Waals surface area contributed by atoms with E-state index < -0.39 is 5.97 Å². The fraction of sp³-hybridized carbons (Fsp3) is 0.154. The smallest absolute Gasteiger partial charge is 0.358 e. The Kier molecular flexibility index (Phi) is 3.63. The normalized spacial score (nSPS) is 10.7. The lowest BCUT2D eigenvalue weighted by Crippen LogP contribution is -2.05. The molecule has 0 atom stereocenters. The number of hydrogen-bond acceptors (Lipinski definition) is 8. The Bertz CT molecular complexity index is 839. The van der Waals surface area contributed by atoms with Gasteiger partial charge in [0.2, 0.25) is 11.6 Å². The molecule has 0 bridgehead atoms. The van der Waals surface area contributed by atoms with Crippen LogP contribution in [0.3, 0.4) is 0 Å². The van der Waals surface area contributed by atoms with Gasteiger partial charge in [-0.3, -0.25) is 0 Å². The zero-order valence-electron chi connectivity index (χ0n) is 12.0. The first-order chi connectivity index (χ1) is 11.1. The molecular formula is C13H12N6O4. The zero-order valence-corrected chi connectivity index (χ0v) is 12.0. The molecule has 10 heteroatoms. The topological polar surface area (TPSA) is 142 Å². The van der Waals surface area contributed by atoms with Crippen molar-refractivity contribution >= 4 is 11.8 Å². The number of aromatic nitrogens is 5. The lowest BCUT2D eigenvalue weighted by molar-refractivity contribution is 0.0691. The summed E-state index contributed by atoms with van der Waals surface area (Å²) in [5.41, 5.74) is 6.17. The van der Waals surface area contributed by atoms with Crippen LogP contribution >= 0.6 is 0 Å². The van der Waals surface area contributed by atoms with Crippen LogP contribution in [0.15, 0.2) is 28.9 Å². The molecule has 3 rings (SSSR count). The lowest BCUT2D eigenvalue weighted by Gasteiger charge is -2.06. The van der Waals surface area contributed by atoms with Gasteiger partial charge in [0.05, 0.1) is 6.61 Å². The maximum atomic E-state index is 11.4. The molecule has 0 saturated heterocycles. The van der Waals surface area contributed by atoms with Crippen LogP contribution in [-0.2, 0) is 0 Å². The summed E-state index contributed by atoms with van der Waals surface area (Å²) < 4.78 is 11.1. The second-order valence-electron chi connectivity index (χ2n) is 4.43. The number of anilines is 1. The van der Waals surface area contributed by atoms with Gasteiger partial charge in [-0.2, -0.15) is 4.68 Å². The zero-order chi connectivity index (χ0) is 16.4. The molecule has 2 heterocycles. The van der Waals surface area contributed by atoms with Gasteiger partial charge in [-0.25, -0.2) is 9.42 Å². The summed E-state index contributed by atoms with van der Waals surface area (Å²) in [5, 5.41) is 23.8. The molecule has 118 valence electrons. The van der Waals surface area contributed by atoms with Gasteiger partial charge in [-0.1, -0.05) is 5.21 Å². The molecule has 0 unspecified atom stereocenters. The third-order valence-electron chi connectivity index (χ3n) is 3.01. The fourth-order valence-electron chi connectivity index (χ4n) is 2.05. The molecule has 0 fully saturated rings. The maximum absolute atomic E-state index is 11.4. The number of nitrogens with zero attached hydrogens (tertiary/aromatic N) is 5. The first-order valence-electron chi connectivity index (χ1n) is 6.62. The van der Waals surface area contributed by atoms with Gasteiger partial charge in [-0.05, 0) is 41.5 Å². The third kappa shape index (κ3) is 2.57. The number of rotatable bonds is 5. The standard InChI is InChI=1S/C13H12N6O4/c1-2-22-8-5-3-7(4-6-8)10-9(13(20)21)15-18-19(10)12-11(14)16-23-17-12/h3-6H,2H2,1H3,(H2,14,16)(H,20,21). The second kappa shape index (κ2) is 5.75. The third-order valence-corrected chi connectivity index (χ3v) is 3.01. The number of hydrogen-bond donors (Lipinski definition) is 2.